The fraction of sp³-hybridized carbons (Fsp3) is 0.739. The number of imidazole rings is 1. The molecule has 0 spiro atoms. The lowest BCUT2D eigenvalue weighted by Crippen LogP contribution is -2.64. The zero-order valence-electron chi connectivity index (χ0n) is 28.0. The number of nitrogens with one attached hydrogen (secondary N) is 3. The highest BCUT2D eigenvalue weighted by Crippen LogP contribution is 2.51. The Bertz CT molecular complexity index is 1290. The zero-order chi connectivity index (χ0) is 38.6. The molecule has 27 heteroatoms. The monoisotopic (exact) mass is 762 g/mol. The number of H-pyrrole nitrogens is 1. The van der Waals surface area contributed by atoms with Crippen molar-refractivity contribution in [3.8, 4) is 0 Å². The fourth-order valence-corrected chi connectivity index (χ4v) is 5.08. The van der Waals surface area contributed by atoms with Crippen molar-refractivity contribution in [3.63, 3.8) is 0 Å². The summed E-state index contributed by atoms with van der Waals surface area (Å²) in [5, 5.41) is 56.7. The number of nitroso groups, excluding NO2 is 2. The van der Waals surface area contributed by atoms with Gasteiger partial charge < -0.3 is 55.6 Å². The maximum absolute atomic E-state index is 12.3. The lowest BCUT2D eigenvalue weighted by molar-refractivity contribution is -0.252. The van der Waals surface area contributed by atoms with Gasteiger partial charge in [-0.15, -0.1) is 26.5 Å². The van der Waals surface area contributed by atoms with Crippen molar-refractivity contribution >= 4 is 43.0 Å². The van der Waals surface area contributed by atoms with E-state index < -0.39 is 68.6 Å². The lowest BCUT2D eigenvalue weighted by atomic mass is 9.97. The second-order valence-corrected chi connectivity index (χ2v) is 12.5. The maximum Gasteiger partial charge on any atom is 0.352 e. The summed E-state index contributed by atoms with van der Waals surface area (Å²) >= 11 is 5.42. The number of halogens is 1. The predicted octanol–water partition coefficient (Wildman–Crippen LogP) is -0.292. The standard InChI is InChI=1S/C9H19ClN3O5P.C8H15N3O7.C6H10N6O/c1-4-17-19(16,18-5-2)8(3)11-9(14)13(12-15)7-6-10;1-11(10-17)8(16)9-4-6(14)5(13)3(2-12)18-7(4)15;1-12(2)11-10-6-4(5(7)13)8-3-9-6/h8H,4-7H2,1-3H3,(H,11,14);3-7,12-15H,2H2,1H3,(H,9,16);3H,1-2H3,(H2,7,13)(H,8,9)/t;3-,4-,5-,6-,7+;/m.1./s1. The SMILES string of the molecule is CCOP(=O)(OCC)C(C)NC(=O)N(CCCl)N=O.CN(C)N=Nc1nc[nH]c1C(N)=O.CN(N=O)C(=O)N[C@@H]1[C@@H](O)[C@H](O)[C@@H](CO)O[C@@H]1O. The number of rotatable bonds is 15. The van der Waals surface area contributed by atoms with Crippen LogP contribution in [0.5, 0.6) is 0 Å². The highest BCUT2D eigenvalue weighted by Gasteiger charge is 2.44. The van der Waals surface area contributed by atoms with Crippen LogP contribution in [0.3, 0.4) is 0 Å². The number of alkyl halides is 1. The van der Waals surface area contributed by atoms with Crippen molar-refractivity contribution in [1.29, 1.82) is 0 Å². The van der Waals surface area contributed by atoms with Crippen LogP contribution in [0.1, 0.15) is 31.3 Å². The van der Waals surface area contributed by atoms with E-state index in [1.54, 1.807) is 27.9 Å². The molecular weight excluding hydrogens is 719 g/mol. The highest BCUT2D eigenvalue weighted by atomic mass is 35.5. The molecule has 2 heterocycles. The Balaban J connectivity index is 0.000000732. The molecule has 2 rings (SSSR count). The molecule has 1 unspecified atom stereocenters. The van der Waals surface area contributed by atoms with Crippen LogP contribution < -0.4 is 16.4 Å². The molecule has 0 aromatic carbocycles. The third kappa shape index (κ3) is 14.9. The number of hydrogen-bond acceptors (Lipinski definition) is 18. The molecular formula is C23H44ClN12O13P. The number of aliphatic hydroxyl groups excluding tert-OH is 4. The number of amides is 5. The first-order valence-corrected chi connectivity index (χ1v) is 16.6. The van der Waals surface area contributed by atoms with Crippen molar-refractivity contribution in [2.24, 2.45) is 26.6 Å². The predicted molar refractivity (Wildman–Crippen MR) is 173 cm³/mol. The Hall–Kier alpha value is -3.94. The van der Waals surface area contributed by atoms with E-state index in [0.29, 0.717) is 10.0 Å². The van der Waals surface area contributed by atoms with E-state index in [9.17, 15) is 44.1 Å². The van der Waals surface area contributed by atoms with Gasteiger partial charge in [-0.2, -0.15) is 10.0 Å². The number of aromatic amines is 1. The maximum atomic E-state index is 12.3. The van der Waals surface area contributed by atoms with Gasteiger partial charge in [-0.05, 0) is 20.8 Å². The number of carbonyl (C=O) groups excluding carboxylic acids is 3. The van der Waals surface area contributed by atoms with Crippen molar-refractivity contribution in [3.05, 3.63) is 21.8 Å². The number of nitrogens with zero attached hydrogens (tertiary/aromatic N) is 8. The summed E-state index contributed by atoms with van der Waals surface area (Å²) < 4.78 is 27.2. The minimum Gasteiger partial charge on any atom is -0.394 e. The number of aliphatic hydroxyl groups is 4. The summed E-state index contributed by atoms with van der Waals surface area (Å²) in [7, 11) is 1.02. The lowest BCUT2D eigenvalue weighted by Gasteiger charge is -2.40. The number of ether oxygens (including phenoxy) is 1. The fourth-order valence-electron chi connectivity index (χ4n) is 3.41. The van der Waals surface area contributed by atoms with Gasteiger partial charge in [0.2, 0.25) is 5.82 Å². The molecule has 50 heavy (non-hydrogen) atoms. The van der Waals surface area contributed by atoms with Crippen molar-refractivity contribution in [1.82, 2.24) is 35.6 Å². The molecule has 25 nitrogen and oxygen atoms in total. The quantitative estimate of drug-likeness (QED) is 0.0374. The number of hydrogen-bond donors (Lipinski definition) is 8. The molecule has 5 amide bonds. The third-order valence-electron chi connectivity index (χ3n) is 5.84. The Morgan fingerprint density at radius 1 is 1.12 bits per heavy atom. The van der Waals surface area contributed by atoms with Gasteiger partial charge >= 0.3 is 19.7 Å². The Morgan fingerprint density at radius 2 is 1.72 bits per heavy atom. The molecule has 286 valence electrons. The van der Waals surface area contributed by atoms with Gasteiger partial charge in [0, 0.05) is 27.0 Å². The molecule has 1 aromatic rings. The first-order chi connectivity index (χ1) is 23.5. The molecule has 0 aliphatic carbocycles. The van der Waals surface area contributed by atoms with Gasteiger partial charge in [-0.25, -0.2) is 14.6 Å². The Morgan fingerprint density at radius 3 is 2.18 bits per heavy atom. The van der Waals surface area contributed by atoms with E-state index in [1.807, 2.05) is 0 Å². The Kier molecular flexibility index (Phi) is 21.6. The van der Waals surface area contributed by atoms with Crippen molar-refractivity contribution < 1.29 is 53.2 Å². The number of urea groups is 2. The minimum absolute atomic E-state index is 0.0445. The van der Waals surface area contributed by atoms with Gasteiger partial charge in [0.1, 0.15) is 30.1 Å². The number of aromatic nitrogens is 2. The van der Waals surface area contributed by atoms with Gasteiger partial charge in [0.25, 0.3) is 5.91 Å². The van der Waals surface area contributed by atoms with E-state index >= 15 is 0 Å². The molecule has 1 fully saturated rings. The molecule has 6 atom stereocenters. The van der Waals surface area contributed by atoms with E-state index in [1.165, 1.54) is 18.3 Å². The molecule has 0 bridgehead atoms. The van der Waals surface area contributed by atoms with Crippen LogP contribution in [0.25, 0.3) is 0 Å². The van der Waals surface area contributed by atoms with Crippen LogP contribution in [-0.4, -0.2) is 153 Å². The smallest absolute Gasteiger partial charge is 0.352 e. The van der Waals surface area contributed by atoms with E-state index in [-0.39, 0.29) is 37.2 Å². The second-order valence-electron chi connectivity index (χ2n) is 9.71. The molecule has 9 N–H and O–H groups in total. The van der Waals surface area contributed by atoms with Gasteiger partial charge in [-0.1, -0.05) is 5.22 Å². The van der Waals surface area contributed by atoms with Crippen molar-refractivity contribution in [2.45, 2.75) is 57.2 Å². The average molecular weight is 763 g/mol. The molecule has 0 radical (unpaired) electrons. The van der Waals surface area contributed by atoms with Gasteiger partial charge in [-0.3, -0.25) is 14.4 Å². The second kappa shape index (κ2) is 23.5. The summed E-state index contributed by atoms with van der Waals surface area (Å²) in [6, 6.07) is -3.13. The average Bonchev–Trinajstić information content (AvgIpc) is 3.55. The largest absolute Gasteiger partial charge is 0.394 e. The summed E-state index contributed by atoms with van der Waals surface area (Å²) in [4.78, 5) is 60.6. The minimum atomic E-state index is -3.47. The summed E-state index contributed by atoms with van der Waals surface area (Å²) in [6.07, 6.45) is -4.51. The van der Waals surface area contributed by atoms with Gasteiger partial charge in [0.15, 0.2) is 12.0 Å². The normalized spacial score (nSPS) is 20.6. The Labute approximate surface area is 290 Å². The third-order valence-corrected chi connectivity index (χ3v) is 8.33. The molecule has 1 aromatic heterocycles. The molecule has 1 aliphatic heterocycles. The van der Waals surface area contributed by atoms with Crippen LogP contribution >= 0.6 is 19.2 Å². The van der Waals surface area contributed by atoms with Crippen molar-refractivity contribution in [2.75, 3.05) is 53.4 Å². The first kappa shape index (κ1) is 46.1. The first-order valence-electron chi connectivity index (χ1n) is 14.4. The molecule has 1 saturated heterocycles. The van der Waals surface area contributed by atoms with E-state index in [4.69, 9.17) is 36.2 Å². The van der Waals surface area contributed by atoms with Crippen LogP contribution in [0, 0.1) is 9.81 Å². The van der Waals surface area contributed by atoms with Crippen LogP contribution in [0.2, 0.25) is 0 Å². The molecule has 0 saturated carbocycles. The summed E-state index contributed by atoms with van der Waals surface area (Å²) in [5.74, 6) is -1.26. The summed E-state index contributed by atoms with van der Waals surface area (Å²) in [5.41, 5.74) is 5.20. The number of primary amides is 1. The highest BCUT2D eigenvalue weighted by molar-refractivity contribution is 7.54. The van der Waals surface area contributed by atoms with Crippen LogP contribution in [0.15, 0.2) is 27.2 Å². The zero-order valence-corrected chi connectivity index (χ0v) is 29.7. The topological polar surface area (TPSA) is 349 Å². The van der Waals surface area contributed by atoms with Gasteiger partial charge in [0.05, 0.1) is 43.3 Å². The van der Waals surface area contributed by atoms with E-state index in [2.05, 4.69) is 41.5 Å². The number of carbonyl (C=O) groups is 3. The molecule has 1 aliphatic rings. The summed E-state index contributed by atoms with van der Waals surface area (Å²) in [6.45, 7) is 4.49. The van der Waals surface area contributed by atoms with Crippen LogP contribution in [0.4, 0.5) is 15.4 Å². The van der Waals surface area contributed by atoms with Crippen LogP contribution in [-0.2, 0) is 18.3 Å². The number of nitrogens with two attached hydrogens (primary N) is 1. The van der Waals surface area contributed by atoms with E-state index in [0.717, 1.165) is 7.05 Å².